The fourth-order valence-corrected chi connectivity index (χ4v) is 4.85. The maximum Gasteiger partial charge on any atom is 0.257 e. The van der Waals surface area contributed by atoms with Crippen LogP contribution < -0.4 is 20.3 Å². The number of hydrogen-bond donors (Lipinski definition) is 2. The van der Waals surface area contributed by atoms with E-state index in [0.29, 0.717) is 55.8 Å². The number of fused-ring (bicyclic) bond motifs is 1. The van der Waals surface area contributed by atoms with Gasteiger partial charge in [0.1, 0.15) is 17.0 Å². The highest BCUT2D eigenvalue weighted by molar-refractivity contribution is 7.23. The van der Waals surface area contributed by atoms with Crippen LogP contribution in [0.1, 0.15) is 22.3 Å². The third-order valence-corrected chi connectivity index (χ3v) is 6.72. The second-order valence-electron chi connectivity index (χ2n) is 8.12. The van der Waals surface area contributed by atoms with Crippen LogP contribution in [0.15, 0.2) is 36.4 Å². The van der Waals surface area contributed by atoms with Gasteiger partial charge in [0.05, 0.1) is 43.9 Å². The van der Waals surface area contributed by atoms with Gasteiger partial charge in [0.2, 0.25) is 0 Å². The van der Waals surface area contributed by atoms with Gasteiger partial charge in [-0.15, -0.1) is 0 Å². The van der Waals surface area contributed by atoms with Crippen molar-refractivity contribution in [2.24, 2.45) is 0 Å². The lowest BCUT2D eigenvalue weighted by Crippen LogP contribution is -2.36. The van der Waals surface area contributed by atoms with E-state index in [1.165, 1.54) is 11.3 Å². The number of anilines is 2. The van der Waals surface area contributed by atoms with Gasteiger partial charge in [-0.3, -0.25) is 14.9 Å². The predicted octanol–water partition coefficient (Wildman–Crippen LogP) is 3.09. The van der Waals surface area contributed by atoms with E-state index in [1.54, 1.807) is 26.4 Å². The van der Waals surface area contributed by atoms with Crippen LogP contribution in [-0.4, -0.2) is 70.3 Å². The van der Waals surface area contributed by atoms with Gasteiger partial charge in [0, 0.05) is 38.7 Å². The van der Waals surface area contributed by atoms with Gasteiger partial charge in [-0.05, 0) is 29.8 Å². The van der Waals surface area contributed by atoms with E-state index in [-0.39, 0.29) is 11.7 Å². The van der Waals surface area contributed by atoms with E-state index in [4.69, 9.17) is 14.2 Å². The third kappa shape index (κ3) is 6.34. The lowest BCUT2D eigenvalue weighted by Gasteiger charge is -2.29. The van der Waals surface area contributed by atoms with Crippen LogP contribution in [0.3, 0.4) is 0 Å². The fraction of sp³-hybridized carbons (Fsp3) is 0.400. The van der Waals surface area contributed by atoms with Crippen LogP contribution in [0, 0.1) is 0 Å². The first-order valence-corrected chi connectivity index (χ1v) is 12.3. The molecule has 0 radical (unpaired) electrons. The Labute approximate surface area is 208 Å². The van der Waals surface area contributed by atoms with Crippen molar-refractivity contribution >= 4 is 44.1 Å². The zero-order chi connectivity index (χ0) is 24.6. The number of thiazole rings is 1. The highest BCUT2D eigenvalue weighted by Crippen LogP contribution is 2.39. The van der Waals surface area contributed by atoms with E-state index in [0.717, 1.165) is 34.6 Å². The molecule has 1 aromatic heterocycles. The molecule has 0 saturated carbocycles. The van der Waals surface area contributed by atoms with Crippen LogP contribution in [0.4, 0.5) is 10.8 Å². The number of amides is 1. The van der Waals surface area contributed by atoms with Crippen LogP contribution in [-0.2, 0) is 20.8 Å². The van der Waals surface area contributed by atoms with Gasteiger partial charge in [0.25, 0.3) is 5.91 Å². The molecule has 9 nitrogen and oxygen atoms in total. The van der Waals surface area contributed by atoms with Crippen molar-refractivity contribution in [1.82, 2.24) is 10.3 Å². The molecule has 2 aromatic carbocycles. The monoisotopic (exact) mass is 498 g/mol. The fourth-order valence-electron chi connectivity index (χ4n) is 3.84. The van der Waals surface area contributed by atoms with Crippen molar-refractivity contribution in [3.8, 4) is 5.75 Å². The van der Waals surface area contributed by atoms with Gasteiger partial charge in [-0.1, -0.05) is 23.5 Å². The van der Waals surface area contributed by atoms with Gasteiger partial charge in [0.15, 0.2) is 5.13 Å². The molecule has 35 heavy (non-hydrogen) atoms. The summed E-state index contributed by atoms with van der Waals surface area (Å²) in [5.41, 5.74) is 3.32. The zero-order valence-electron chi connectivity index (χ0n) is 20.0. The molecule has 186 valence electrons. The summed E-state index contributed by atoms with van der Waals surface area (Å²) >= 11 is 1.44. The summed E-state index contributed by atoms with van der Waals surface area (Å²) in [5.74, 6) is 0.545. The zero-order valence-corrected chi connectivity index (χ0v) is 20.8. The lowest BCUT2D eigenvalue weighted by atomic mass is 10.1. The van der Waals surface area contributed by atoms with Crippen molar-refractivity contribution < 1.29 is 23.8 Å². The summed E-state index contributed by atoms with van der Waals surface area (Å²) in [4.78, 5) is 31.5. The molecule has 4 rings (SSSR count). The Balaban J connectivity index is 1.41. The van der Waals surface area contributed by atoms with Crippen molar-refractivity contribution in [3.05, 3.63) is 47.5 Å². The first-order chi connectivity index (χ1) is 17.1. The molecule has 0 aliphatic carbocycles. The number of carbonyl (C=O) groups is 2. The summed E-state index contributed by atoms with van der Waals surface area (Å²) in [6.45, 7) is 4.26. The van der Waals surface area contributed by atoms with Gasteiger partial charge in [-0.2, -0.15) is 0 Å². The second kappa shape index (κ2) is 12.1. The molecular formula is C25H30N4O5S. The Hall–Kier alpha value is -3.05. The molecule has 1 saturated heterocycles. The topological polar surface area (TPSA) is 102 Å². The highest BCUT2D eigenvalue weighted by Gasteiger charge is 2.20. The van der Waals surface area contributed by atoms with E-state index in [9.17, 15) is 9.59 Å². The van der Waals surface area contributed by atoms with Crippen molar-refractivity contribution in [1.29, 1.82) is 0 Å². The molecule has 1 fully saturated rings. The molecule has 0 spiro atoms. The molecular weight excluding hydrogens is 468 g/mol. The normalized spacial score (nSPS) is 13.7. The summed E-state index contributed by atoms with van der Waals surface area (Å²) < 4.78 is 16.9. The smallest absolute Gasteiger partial charge is 0.257 e. The highest BCUT2D eigenvalue weighted by atomic mass is 32.1. The van der Waals surface area contributed by atoms with Crippen molar-refractivity contribution in [2.75, 3.05) is 63.9 Å². The first-order valence-electron chi connectivity index (χ1n) is 11.5. The average Bonchev–Trinajstić information content (AvgIpc) is 3.31. The van der Waals surface area contributed by atoms with E-state index in [1.807, 2.05) is 24.3 Å². The number of carbonyl (C=O) groups excluding carboxylic acids is 2. The molecule has 0 bridgehead atoms. The maximum absolute atomic E-state index is 12.9. The number of morpholine rings is 1. The van der Waals surface area contributed by atoms with Crippen LogP contribution in [0.5, 0.6) is 5.75 Å². The Morgan fingerprint density at radius 3 is 2.60 bits per heavy atom. The molecule has 1 aliphatic heterocycles. The number of methoxy groups -OCH3 is 2. The average molecular weight is 499 g/mol. The van der Waals surface area contributed by atoms with E-state index in [2.05, 4.69) is 20.5 Å². The Kier molecular flexibility index (Phi) is 8.64. The largest absolute Gasteiger partial charge is 0.494 e. The molecule has 2 N–H and O–H groups in total. The van der Waals surface area contributed by atoms with Gasteiger partial charge < -0.3 is 24.4 Å². The number of benzene rings is 2. The number of nitrogens with one attached hydrogen (secondary N) is 2. The Bertz CT molecular complexity index is 1160. The number of Topliss-reactive ketones (excluding diaryl/α,β-unsaturated/α-hetero) is 1. The molecule has 0 atom stereocenters. The van der Waals surface area contributed by atoms with E-state index >= 15 is 0 Å². The Morgan fingerprint density at radius 2 is 1.89 bits per heavy atom. The standard InChI is InChI=1S/C25H30N4O5S/c1-32-12-9-19(30)16-26-15-17-3-5-18(6-4-17)24(31)28-25-27-22-21(33-2)8-7-20(23(22)35-25)29-10-13-34-14-11-29/h3-8,26H,9-16H2,1-2H3,(H,27,28,31). The van der Waals surface area contributed by atoms with Gasteiger partial charge >= 0.3 is 0 Å². The molecule has 1 aliphatic rings. The van der Waals surface area contributed by atoms with Crippen LogP contribution in [0.25, 0.3) is 10.2 Å². The maximum atomic E-state index is 12.9. The Morgan fingerprint density at radius 1 is 1.11 bits per heavy atom. The summed E-state index contributed by atoms with van der Waals surface area (Å²) in [6.07, 6.45) is 0.397. The minimum absolute atomic E-state index is 0.104. The lowest BCUT2D eigenvalue weighted by molar-refractivity contribution is -0.119. The summed E-state index contributed by atoms with van der Waals surface area (Å²) in [6, 6.07) is 11.2. The van der Waals surface area contributed by atoms with E-state index < -0.39 is 0 Å². The molecule has 0 unspecified atom stereocenters. The van der Waals surface area contributed by atoms with Gasteiger partial charge in [-0.25, -0.2) is 4.98 Å². The first kappa shape index (κ1) is 25.1. The molecule has 2 heterocycles. The number of aromatic nitrogens is 1. The number of rotatable bonds is 11. The second-order valence-corrected chi connectivity index (χ2v) is 9.12. The minimum atomic E-state index is -0.231. The minimum Gasteiger partial charge on any atom is -0.494 e. The SMILES string of the molecule is COCCC(=O)CNCc1ccc(C(=O)Nc2nc3c(OC)ccc(N4CCOCC4)c3s2)cc1. The van der Waals surface area contributed by atoms with Crippen LogP contribution >= 0.6 is 11.3 Å². The number of ether oxygens (including phenoxy) is 3. The summed E-state index contributed by atoms with van der Waals surface area (Å²) in [7, 11) is 3.20. The van der Waals surface area contributed by atoms with Crippen molar-refractivity contribution in [2.45, 2.75) is 13.0 Å². The predicted molar refractivity (Wildman–Crippen MR) is 137 cm³/mol. The number of ketones is 1. The third-order valence-electron chi connectivity index (χ3n) is 5.73. The number of nitrogens with zero attached hydrogens (tertiary/aromatic N) is 2. The van der Waals surface area contributed by atoms with Crippen LogP contribution in [0.2, 0.25) is 0 Å². The van der Waals surface area contributed by atoms with Crippen molar-refractivity contribution in [3.63, 3.8) is 0 Å². The molecule has 1 amide bonds. The quantitative estimate of drug-likeness (QED) is 0.416. The summed E-state index contributed by atoms with van der Waals surface area (Å²) in [5, 5.41) is 6.56. The molecule has 10 heteroatoms. The number of hydrogen-bond acceptors (Lipinski definition) is 9. The molecule has 3 aromatic rings.